The van der Waals surface area contributed by atoms with Crippen molar-refractivity contribution in [3.05, 3.63) is 29.8 Å². The molecule has 1 saturated carbocycles. The van der Waals surface area contributed by atoms with E-state index in [0.717, 1.165) is 12.8 Å². The van der Waals surface area contributed by atoms with E-state index in [2.05, 4.69) is 0 Å². The van der Waals surface area contributed by atoms with Gasteiger partial charge in [0.1, 0.15) is 11.9 Å². The lowest BCUT2D eigenvalue weighted by Crippen LogP contribution is -2.26. The Morgan fingerprint density at radius 1 is 1.47 bits per heavy atom. The molecule has 0 heterocycles. The maximum absolute atomic E-state index is 12.3. The predicted octanol–water partition coefficient (Wildman–Crippen LogP) is 2.69. The third kappa shape index (κ3) is 2.86. The van der Waals surface area contributed by atoms with Gasteiger partial charge in [-0.2, -0.15) is 0 Å². The summed E-state index contributed by atoms with van der Waals surface area (Å²) >= 11 is 0. The van der Waals surface area contributed by atoms with E-state index in [0.29, 0.717) is 23.8 Å². The largest absolute Gasteiger partial charge is 0.497 e. The van der Waals surface area contributed by atoms with E-state index in [9.17, 15) is 4.79 Å². The van der Waals surface area contributed by atoms with Crippen LogP contribution in [0.3, 0.4) is 0 Å². The summed E-state index contributed by atoms with van der Waals surface area (Å²) in [7, 11) is 1.60. The summed E-state index contributed by atoms with van der Waals surface area (Å²) in [6.45, 7) is 2.51. The number of ether oxygens (including phenoxy) is 2. The molecule has 3 nitrogen and oxygen atoms in total. The van der Waals surface area contributed by atoms with Crippen molar-refractivity contribution >= 4 is 5.78 Å². The molecule has 0 N–H and O–H groups in total. The molecular formula is C14H18O3. The Balaban J connectivity index is 2.15. The van der Waals surface area contributed by atoms with E-state index < -0.39 is 0 Å². The molecule has 1 aromatic rings. The van der Waals surface area contributed by atoms with E-state index in [1.165, 1.54) is 0 Å². The summed E-state index contributed by atoms with van der Waals surface area (Å²) in [4.78, 5) is 12.3. The van der Waals surface area contributed by atoms with Crippen molar-refractivity contribution in [2.75, 3.05) is 13.7 Å². The minimum absolute atomic E-state index is 0.0771. The summed E-state index contributed by atoms with van der Waals surface area (Å²) in [5.74, 6) is 1.20. The van der Waals surface area contributed by atoms with E-state index in [4.69, 9.17) is 9.47 Å². The first-order valence-corrected chi connectivity index (χ1v) is 6.06. The molecular weight excluding hydrogens is 216 g/mol. The molecule has 1 aromatic carbocycles. The second-order valence-corrected chi connectivity index (χ2v) is 4.31. The number of ketones is 1. The summed E-state index contributed by atoms with van der Waals surface area (Å²) in [5, 5.41) is 0. The fourth-order valence-electron chi connectivity index (χ4n) is 1.94. The first-order chi connectivity index (χ1) is 8.26. The summed E-state index contributed by atoms with van der Waals surface area (Å²) in [6, 6.07) is 7.27. The van der Waals surface area contributed by atoms with Crippen LogP contribution < -0.4 is 4.74 Å². The van der Waals surface area contributed by atoms with Crippen LogP contribution in [-0.2, 0) is 4.74 Å². The number of rotatable bonds is 6. The molecule has 1 unspecified atom stereocenters. The van der Waals surface area contributed by atoms with Gasteiger partial charge in [-0.3, -0.25) is 4.79 Å². The highest BCUT2D eigenvalue weighted by molar-refractivity contribution is 6.00. The maximum atomic E-state index is 12.3. The van der Waals surface area contributed by atoms with Gasteiger partial charge in [0, 0.05) is 12.2 Å². The number of methoxy groups -OCH3 is 1. The highest BCUT2D eigenvalue weighted by atomic mass is 16.5. The lowest BCUT2D eigenvalue weighted by Gasteiger charge is -2.15. The molecule has 0 bridgehead atoms. The quantitative estimate of drug-likeness (QED) is 0.710. The van der Waals surface area contributed by atoms with Crippen molar-refractivity contribution in [1.29, 1.82) is 0 Å². The molecule has 3 heteroatoms. The molecule has 1 aliphatic carbocycles. The van der Waals surface area contributed by atoms with Crippen LogP contribution in [0, 0.1) is 5.92 Å². The number of hydrogen-bond donors (Lipinski definition) is 0. The van der Waals surface area contributed by atoms with E-state index in [1.54, 1.807) is 13.2 Å². The zero-order chi connectivity index (χ0) is 12.3. The van der Waals surface area contributed by atoms with Gasteiger partial charge >= 0.3 is 0 Å². The van der Waals surface area contributed by atoms with E-state index >= 15 is 0 Å². The van der Waals surface area contributed by atoms with Crippen molar-refractivity contribution in [2.24, 2.45) is 5.92 Å². The Labute approximate surface area is 102 Å². The highest BCUT2D eigenvalue weighted by Crippen LogP contribution is 2.36. The lowest BCUT2D eigenvalue weighted by molar-refractivity contribution is 0.0374. The molecule has 0 aliphatic heterocycles. The highest BCUT2D eigenvalue weighted by Gasteiger charge is 2.37. The SMILES string of the molecule is CCOC(C(=O)c1cccc(OC)c1)C1CC1. The van der Waals surface area contributed by atoms with E-state index in [-0.39, 0.29) is 11.9 Å². The van der Waals surface area contributed by atoms with Crippen molar-refractivity contribution in [3.63, 3.8) is 0 Å². The van der Waals surface area contributed by atoms with Gasteiger partial charge in [0.2, 0.25) is 0 Å². The van der Waals surface area contributed by atoms with Gasteiger partial charge in [0.25, 0.3) is 0 Å². The fourth-order valence-corrected chi connectivity index (χ4v) is 1.94. The monoisotopic (exact) mass is 234 g/mol. The maximum Gasteiger partial charge on any atom is 0.191 e. The molecule has 0 radical (unpaired) electrons. The van der Waals surface area contributed by atoms with Crippen molar-refractivity contribution in [3.8, 4) is 5.75 Å². The normalized spacial score (nSPS) is 16.6. The van der Waals surface area contributed by atoms with Gasteiger partial charge in [-0.05, 0) is 37.8 Å². The summed E-state index contributed by atoms with van der Waals surface area (Å²) in [5.41, 5.74) is 0.676. The van der Waals surface area contributed by atoms with Crippen LogP contribution in [0.2, 0.25) is 0 Å². The Morgan fingerprint density at radius 3 is 2.82 bits per heavy atom. The van der Waals surface area contributed by atoms with Gasteiger partial charge in [0.15, 0.2) is 5.78 Å². The third-order valence-electron chi connectivity index (χ3n) is 3.01. The number of benzene rings is 1. The van der Waals surface area contributed by atoms with Crippen molar-refractivity contribution < 1.29 is 14.3 Å². The smallest absolute Gasteiger partial charge is 0.191 e. The molecule has 0 spiro atoms. The van der Waals surface area contributed by atoms with Crippen LogP contribution in [0.1, 0.15) is 30.1 Å². The van der Waals surface area contributed by atoms with Crippen LogP contribution in [0.15, 0.2) is 24.3 Å². The minimum atomic E-state index is -0.271. The Kier molecular flexibility index (Phi) is 3.79. The average Bonchev–Trinajstić information content (AvgIpc) is 3.19. The average molecular weight is 234 g/mol. The van der Waals surface area contributed by atoms with Crippen LogP contribution >= 0.6 is 0 Å². The zero-order valence-corrected chi connectivity index (χ0v) is 10.3. The molecule has 0 aromatic heterocycles. The van der Waals surface area contributed by atoms with Gasteiger partial charge in [0.05, 0.1) is 7.11 Å². The predicted molar refractivity (Wildman–Crippen MR) is 65.5 cm³/mol. The van der Waals surface area contributed by atoms with Crippen molar-refractivity contribution in [2.45, 2.75) is 25.9 Å². The standard InChI is InChI=1S/C14H18O3/c1-3-17-14(10-7-8-10)13(15)11-5-4-6-12(9-11)16-2/h4-6,9-10,14H,3,7-8H2,1-2H3. The van der Waals surface area contributed by atoms with E-state index in [1.807, 2.05) is 25.1 Å². The molecule has 17 heavy (non-hydrogen) atoms. The van der Waals surface area contributed by atoms with Crippen LogP contribution in [0.5, 0.6) is 5.75 Å². The van der Waals surface area contributed by atoms with Gasteiger partial charge in [-0.25, -0.2) is 0 Å². The number of Topliss-reactive ketones (excluding diaryl/α,β-unsaturated/α-hetero) is 1. The molecule has 2 rings (SSSR count). The third-order valence-corrected chi connectivity index (χ3v) is 3.01. The first-order valence-electron chi connectivity index (χ1n) is 6.06. The van der Waals surface area contributed by atoms with Gasteiger partial charge in [-0.1, -0.05) is 12.1 Å². The lowest BCUT2D eigenvalue weighted by atomic mass is 10.0. The Morgan fingerprint density at radius 2 is 2.24 bits per heavy atom. The van der Waals surface area contributed by atoms with Gasteiger partial charge in [-0.15, -0.1) is 0 Å². The minimum Gasteiger partial charge on any atom is -0.497 e. The second-order valence-electron chi connectivity index (χ2n) is 4.31. The molecule has 1 atom stereocenters. The van der Waals surface area contributed by atoms with Crippen LogP contribution in [-0.4, -0.2) is 25.6 Å². The molecule has 92 valence electrons. The topological polar surface area (TPSA) is 35.5 Å². The Bertz CT molecular complexity index is 396. The molecule has 1 aliphatic rings. The Hall–Kier alpha value is -1.35. The number of carbonyl (C=O) groups excluding carboxylic acids is 1. The zero-order valence-electron chi connectivity index (χ0n) is 10.3. The second kappa shape index (κ2) is 5.32. The molecule has 0 saturated heterocycles. The summed E-state index contributed by atoms with van der Waals surface area (Å²) in [6.07, 6.45) is 1.92. The summed E-state index contributed by atoms with van der Waals surface area (Å²) < 4.78 is 10.7. The van der Waals surface area contributed by atoms with Crippen molar-refractivity contribution in [1.82, 2.24) is 0 Å². The van der Waals surface area contributed by atoms with Gasteiger partial charge < -0.3 is 9.47 Å². The number of hydrogen-bond acceptors (Lipinski definition) is 3. The fraction of sp³-hybridized carbons (Fsp3) is 0.500. The first kappa shape index (κ1) is 12.1. The molecule has 0 amide bonds. The number of carbonyl (C=O) groups is 1. The van der Waals surface area contributed by atoms with Crippen LogP contribution in [0.25, 0.3) is 0 Å². The van der Waals surface area contributed by atoms with Crippen LogP contribution in [0.4, 0.5) is 0 Å². The molecule has 1 fully saturated rings.